The highest BCUT2D eigenvalue weighted by Gasteiger charge is 2.38. The monoisotopic (exact) mass is 347 g/mol. The molecule has 1 fully saturated rings. The fourth-order valence-corrected chi connectivity index (χ4v) is 2.54. The maximum atomic E-state index is 12.8. The lowest BCUT2D eigenvalue weighted by Crippen LogP contribution is -2.51. The lowest BCUT2D eigenvalue weighted by molar-refractivity contribution is -0.139. The van der Waals surface area contributed by atoms with Crippen molar-refractivity contribution in [2.45, 2.75) is 40.2 Å². The first kappa shape index (κ1) is 19.2. The number of anilines is 2. The molecule has 2 rings (SSSR count). The van der Waals surface area contributed by atoms with Gasteiger partial charge in [0.25, 0.3) is 0 Å². The van der Waals surface area contributed by atoms with E-state index < -0.39 is 5.41 Å². The Morgan fingerprint density at radius 3 is 2.20 bits per heavy atom. The maximum absolute atomic E-state index is 12.8. The van der Waals surface area contributed by atoms with Crippen LogP contribution in [0.2, 0.25) is 0 Å². The summed E-state index contributed by atoms with van der Waals surface area (Å²) in [6, 6.07) is 7.66. The van der Waals surface area contributed by atoms with Crippen LogP contribution in [0, 0.1) is 5.41 Å². The van der Waals surface area contributed by atoms with Crippen molar-refractivity contribution in [3.05, 3.63) is 24.3 Å². The van der Waals surface area contributed by atoms with E-state index in [9.17, 15) is 9.59 Å². The molecule has 1 aliphatic rings. The highest BCUT2D eigenvalue weighted by Crippen LogP contribution is 2.28. The van der Waals surface area contributed by atoms with E-state index in [1.54, 1.807) is 13.8 Å². The second-order valence-corrected chi connectivity index (χ2v) is 7.90. The quantitative estimate of drug-likeness (QED) is 0.821. The van der Waals surface area contributed by atoms with Gasteiger partial charge in [-0.15, -0.1) is 0 Å². The lowest BCUT2D eigenvalue weighted by Gasteiger charge is -2.32. The predicted octanol–water partition coefficient (Wildman–Crippen LogP) is 2.40. The number of morpholine rings is 1. The minimum absolute atomic E-state index is 0.290. The molecule has 2 amide bonds. The minimum Gasteiger partial charge on any atom is -0.378 e. The van der Waals surface area contributed by atoms with Crippen LogP contribution in [0.5, 0.6) is 0 Å². The van der Waals surface area contributed by atoms with Gasteiger partial charge in [-0.2, -0.15) is 0 Å². The number of para-hydroxylation sites is 2. The lowest BCUT2D eigenvalue weighted by atomic mass is 9.89. The maximum Gasteiger partial charge on any atom is 0.239 e. The van der Waals surface area contributed by atoms with Gasteiger partial charge in [0.05, 0.1) is 24.6 Å². The van der Waals surface area contributed by atoms with Crippen molar-refractivity contribution in [3.8, 4) is 0 Å². The van der Waals surface area contributed by atoms with Crippen LogP contribution >= 0.6 is 0 Å². The second-order valence-electron chi connectivity index (χ2n) is 7.90. The molecule has 1 saturated heterocycles. The molecule has 138 valence electrons. The van der Waals surface area contributed by atoms with Crippen molar-refractivity contribution in [2.75, 3.05) is 36.5 Å². The van der Waals surface area contributed by atoms with Gasteiger partial charge < -0.3 is 20.3 Å². The van der Waals surface area contributed by atoms with Gasteiger partial charge >= 0.3 is 0 Å². The number of ether oxygens (including phenoxy) is 1. The average molecular weight is 347 g/mol. The highest BCUT2D eigenvalue weighted by atomic mass is 16.5. The summed E-state index contributed by atoms with van der Waals surface area (Å²) in [5, 5.41) is 5.81. The molecule has 0 bridgehead atoms. The number of benzene rings is 1. The molecular formula is C19H29N3O3. The van der Waals surface area contributed by atoms with Crippen LogP contribution in [0.4, 0.5) is 11.4 Å². The van der Waals surface area contributed by atoms with Crippen LogP contribution in [0.1, 0.15) is 34.6 Å². The summed E-state index contributed by atoms with van der Waals surface area (Å²) in [4.78, 5) is 27.5. The molecule has 6 heteroatoms. The summed E-state index contributed by atoms with van der Waals surface area (Å²) in [7, 11) is 0. The molecule has 0 aliphatic carbocycles. The van der Waals surface area contributed by atoms with Crippen LogP contribution in [0.3, 0.4) is 0 Å². The normalized spacial score (nSPS) is 15.6. The van der Waals surface area contributed by atoms with Crippen LogP contribution < -0.4 is 15.5 Å². The van der Waals surface area contributed by atoms with E-state index in [0.717, 1.165) is 18.8 Å². The largest absolute Gasteiger partial charge is 0.378 e. The summed E-state index contributed by atoms with van der Waals surface area (Å²) in [5.74, 6) is -0.615. The van der Waals surface area contributed by atoms with Crippen molar-refractivity contribution in [2.24, 2.45) is 5.41 Å². The van der Waals surface area contributed by atoms with Crippen LogP contribution in [-0.4, -0.2) is 43.7 Å². The van der Waals surface area contributed by atoms with E-state index >= 15 is 0 Å². The van der Waals surface area contributed by atoms with Crippen LogP contribution in [-0.2, 0) is 14.3 Å². The fourth-order valence-electron chi connectivity index (χ4n) is 2.54. The Balaban J connectivity index is 2.16. The fraction of sp³-hybridized carbons (Fsp3) is 0.579. The predicted molar refractivity (Wildman–Crippen MR) is 99.8 cm³/mol. The average Bonchev–Trinajstić information content (AvgIpc) is 2.54. The van der Waals surface area contributed by atoms with Crippen molar-refractivity contribution < 1.29 is 14.3 Å². The Morgan fingerprint density at radius 1 is 1.00 bits per heavy atom. The standard InChI is InChI=1S/C19H29N3O3/c1-18(2,3)21-17(24)19(4,5)16(23)20-14-8-6-7-9-15(14)22-10-12-25-13-11-22/h6-9H,10-13H2,1-5H3,(H,20,23)(H,21,24). The van der Waals surface area contributed by atoms with E-state index in [1.165, 1.54) is 0 Å². The zero-order chi connectivity index (χ0) is 18.7. The van der Waals surface area contributed by atoms with Crippen molar-refractivity contribution in [1.82, 2.24) is 5.32 Å². The molecule has 25 heavy (non-hydrogen) atoms. The van der Waals surface area contributed by atoms with Crippen molar-refractivity contribution in [3.63, 3.8) is 0 Å². The van der Waals surface area contributed by atoms with E-state index in [4.69, 9.17) is 4.74 Å². The molecule has 0 saturated carbocycles. The number of amides is 2. The Morgan fingerprint density at radius 2 is 1.60 bits per heavy atom. The smallest absolute Gasteiger partial charge is 0.239 e. The summed E-state index contributed by atoms with van der Waals surface area (Å²) in [6.45, 7) is 11.9. The summed E-state index contributed by atoms with van der Waals surface area (Å²) in [5.41, 5.74) is 0.100. The summed E-state index contributed by atoms with van der Waals surface area (Å²) < 4.78 is 5.39. The number of hydrogen-bond donors (Lipinski definition) is 2. The van der Waals surface area contributed by atoms with Gasteiger partial charge in [-0.3, -0.25) is 9.59 Å². The number of carbonyl (C=O) groups is 2. The van der Waals surface area contributed by atoms with E-state index in [-0.39, 0.29) is 17.4 Å². The molecule has 0 radical (unpaired) electrons. The molecule has 1 aliphatic heterocycles. The summed E-state index contributed by atoms with van der Waals surface area (Å²) in [6.07, 6.45) is 0. The second kappa shape index (κ2) is 7.44. The summed E-state index contributed by atoms with van der Waals surface area (Å²) >= 11 is 0. The molecule has 1 aromatic rings. The third-order valence-corrected chi connectivity index (χ3v) is 4.13. The first-order valence-electron chi connectivity index (χ1n) is 8.67. The molecular weight excluding hydrogens is 318 g/mol. The number of hydrogen-bond acceptors (Lipinski definition) is 4. The highest BCUT2D eigenvalue weighted by molar-refractivity contribution is 6.10. The van der Waals surface area contributed by atoms with Gasteiger partial charge in [-0.25, -0.2) is 0 Å². The molecule has 0 atom stereocenters. The molecule has 6 nitrogen and oxygen atoms in total. The minimum atomic E-state index is -1.18. The van der Waals surface area contributed by atoms with Gasteiger partial charge in [0.2, 0.25) is 11.8 Å². The van der Waals surface area contributed by atoms with Crippen molar-refractivity contribution >= 4 is 23.2 Å². The van der Waals surface area contributed by atoms with Crippen LogP contribution in [0.25, 0.3) is 0 Å². The number of nitrogens with one attached hydrogen (secondary N) is 2. The van der Waals surface area contributed by atoms with Crippen LogP contribution in [0.15, 0.2) is 24.3 Å². The van der Waals surface area contributed by atoms with Gasteiger partial charge in [0, 0.05) is 18.6 Å². The SMILES string of the molecule is CC(C)(C)NC(=O)C(C)(C)C(=O)Nc1ccccc1N1CCOCC1. The first-order valence-corrected chi connectivity index (χ1v) is 8.67. The molecule has 1 heterocycles. The first-order chi connectivity index (χ1) is 11.6. The van der Waals surface area contributed by atoms with E-state index in [1.807, 2.05) is 45.0 Å². The van der Waals surface area contributed by atoms with E-state index in [0.29, 0.717) is 18.9 Å². The van der Waals surface area contributed by atoms with Gasteiger partial charge in [0.15, 0.2) is 0 Å². The molecule has 2 N–H and O–H groups in total. The zero-order valence-electron chi connectivity index (χ0n) is 15.8. The van der Waals surface area contributed by atoms with Gasteiger partial charge in [-0.1, -0.05) is 12.1 Å². The van der Waals surface area contributed by atoms with Gasteiger partial charge in [-0.05, 0) is 46.8 Å². The van der Waals surface area contributed by atoms with E-state index in [2.05, 4.69) is 15.5 Å². The number of carbonyl (C=O) groups excluding carboxylic acids is 2. The Bertz CT molecular complexity index is 629. The number of nitrogens with zero attached hydrogens (tertiary/aromatic N) is 1. The zero-order valence-corrected chi connectivity index (χ0v) is 15.8. The molecule has 0 spiro atoms. The van der Waals surface area contributed by atoms with Gasteiger partial charge in [0.1, 0.15) is 5.41 Å². The third-order valence-electron chi connectivity index (χ3n) is 4.13. The Kier molecular flexibility index (Phi) is 5.72. The molecule has 1 aromatic carbocycles. The topological polar surface area (TPSA) is 70.7 Å². The molecule has 0 aromatic heterocycles. The third kappa shape index (κ3) is 4.95. The molecule has 0 unspecified atom stereocenters. The Hall–Kier alpha value is -2.08. The number of rotatable bonds is 4. The van der Waals surface area contributed by atoms with Crippen molar-refractivity contribution in [1.29, 1.82) is 0 Å². The Labute approximate surface area is 149 Å².